The first kappa shape index (κ1) is 34.5. The highest BCUT2D eigenvalue weighted by molar-refractivity contribution is 9.10. The summed E-state index contributed by atoms with van der Waals surface area (Å²) < 4.78 is 29.8. The van der Waals surface area contributed by atoms with E-state index in [2.05, 4.69) is 21.2 Å². The number of rotatable bonds is 13. The van der Waals surface area contributed by atoms with Crippen LogP contribution in [0.5, 0.6) is 0 Å². The van der Waals surface area contributed by atoms with E-state index in [0.717, 1.165) is 9.87 Å². The van der Waals surface area contributed by atoms with E-state index in [1.54, 1.807) is 60.7 Å². The maximum absolute atomic E-state index is 14.5. The molecule has 2 amide bonds. The van der Waals surface area contributed by atoms with Crippen molar-refractivity contribution in [3.8, 4) is 0 Å². The van der Waals surface area contributed by atoms with Crippen molar-refractivity contribution in [3.05, 3.63) is 129 Å². The van der Waals surface area contributed by atoms with Gasteiger partial charge in [-0.05, 0) is 66.9 Å². The lowest BCUT2D eigenvalue weighted by Crippen LogP contribution is -2.54. The maximum Gasteiger partial charge on any atom is 0.264 e. The van der Waals surface area contributed by atoms with E-state index in [-0.39, 0.29) is 29.8 Å². The van der Waals surface area contributed by atoms with Crippen molar-refractivity contribution in [3.63, 3.8) is 0 Å². The van der Waals surface area contributed by atoms with Gasteiger partial charge >= 0.3 is 0 Å². The number of hydrogen-bond donors (Lipinski definition) is 1. The van der Waals surface area contributed by atoms with E-state index in [1.165, 1.54) is 17.0 Å². The number of anilines is 1. The Kier molecular flexibility index (Phi) is 12.1. The molecule has 4 aromatic rings. The number of nitrogens with one attached hydrogen (secondary N) is 1. The average molecular weight is 732 g/mol. The second-order valence-corrected chi connectivity index (χ2v) is 14.2. The summed E-state index contributed by atoms with van der Waals surface area (Å²) in [5.41, 5.74) is 1.77. The van der Waals surface area contributed by atoms with Gasteiger partial charge in [-0.15, -0.1) is 0 Å². The van der Waals surface area contributed by atoms with Crippen molar-refractivity contribution < 1.29 is 18.0 Å². The third kappa shape index (κ3) is 9.10. The highest BCUT2D eigenvalue weighted by Crippen LogP contribution is 2.28. The molecule has 236 valence electrons. The van der Waals surface area contributed by atoms with Gasteiger partial charge in [0.1, 0.15) is 12.6 Å². The lowest BCUT2D eigenvalue weighted by molar-refractivity contribution is -0.140. The molecule has 1 N–H and O–H groups in total. The first-order valence-electron chi connectivity index (χ1n) is 14.4. The van der Waals surface area contributed by atoms with Gasteiger partial charge in [-0.1, -0.05) is 107 Å². The summed E-state index contributed by atoms with van der Waals surface area (Å²) in [6.45, 7) is 3.28. The molecule has 45 heavy (non-hydrogen) atoms. The Morgan fingerprint density at radius 3 is 2.13 bits per heavy atom. The third-order valence-corrected chi connectivity index (χ3v) is 10.3. The van der Waals surface area contributed by atoms with Crippen molar-refractivity contribution in [2.45, 2.75) is 50.2 Å². The van der Waals surface area contributed by atoms with Gasteiger partial charge in [-0.3, -0.25) is 13.9 Å². The predicted molar refractivity (Wildman–Crippen MR) is 184 cm³/mol. The van der Waals surface area contributed by atoms with Gasteiger partial charge in [0, 0.05) is 23.5 Å². The molecule has 0 aromatic heterocycles. The van der Waals surface area contributed by atoms with E-state index in [9.17, 15) is 18.0 Å². The van der Waals surface area contributed by atoms with Crippen LogP contribution in [0.1, 0.15) is 31.4 Å². The number of carbonyl (C=O) groups excluding carboxylic acids is 2. The second kappa shape index (κ2) is 15.8. The Bertz CT molecular complexity index is 1730. The van der Waals surface area contributed by atoms with Crippen molar-refractivity contribution in [2.24, 2.45) is 0 Å². The Morgan fingerprint density at radius 1 is 0.844 bits per heavy atom. The van der Waals surface area contributed by atoms with Crippen molar-refractivity contribution >= 4 is 66.7 Å². The van der Waals surface area contributed by atoms with Crippen LogP contribution in [0.4, 0.5) is 5.69 Å². The van der Waals surface area contributed by atoms with E-state index < -0.39 is 28.5 Å². The summed E-state index contributed by atoms with van der Waals surface area (Å²) in [5, 5.41) is 3.67. The number of benzene rings is 4. The zero-order chi connectivity index (χ0) is 32.6. The fourth-order valence-corrected chi connectivity index (χ4v) is 6.84. The van der Waals surface area contributed by atoms with Gasteiger partial charge < -0.3 is 10.2 Å². The molecule has 0 aliphatic rings. The SMILES string of the molecule is CCC(C)NC(=O)C(Cc1ccccc1)N(Cc1ccc(Cl)c(Cl)c1)C(=O)CN(c1cccc(Br)c1)S(=O)(=O)c1ccccc1. The van der Waals surface area contributed by atoms with Crippen LogP contribution in [0.25, 0.3) is 0 Å². The third-order valence-electron chi connectivity index (χ3n) is 7.32. The van der Waals surface area contributed by atoms with Crippen LogP contribution >= 0.6 is 39.1 Å². The number of halogens is 3. The van der Waals surface area contributed by atoms with E-state index in [4.69, 9.17) is 23.2 Å². The molecule has 0 radical (unpaired) electrons. The molecule has 0 fully saturated rings. The highest BCUT2D eigenvalue weighted by Gasteiger charge is 2.35. The van der Waals surface area contributed by atoms with Gasteiger partial charge in [0.2, 0.25) is 11.8 Å². The normalized spacial score (nSPS) is 12.6. The molecule has 0 bridgehead atoms. The molecule has 2 atom stereocenters. The number of sulfonamides is 1. The highest BCUT2D eigenvalue weighted by atomic mass is 79.9. The van der Waals surface area contributed by atoms with E-state index in [1.807, 2.05) is 44.2 Å². The topological polar surface area (TPSA) is 86.8 Å². The molecule has 7 nitrogen and oxygen atoms in total. The quantitative estimate of drug-likeness (QED) is 0.154. The molecule has 0 saturated carbocycles. The zero-order valence-electron chi connectivity index (χ0n) is 24.9. The second-order valence-electron chi connectivity index (χ2n) is 10.6. The average Bonchev–Trinajstić information content (AvgIpc) is 3.03. The standard InChI is InChI=1S/C34H34BrCl2N3O4S/c1-3-24(2)38-34(42)32(20-25-11-6-4-7-12-25)39(22-26-17-18-30(36)31(37)19-26)33(41)23-40(28-14-10-13-27(35)21-28)45(43,44)29-15-8-5-9-16-29/h4-19,21,24,32H,3,20,22-23H2,1-2H3,(H,38,42). The molecule has 0 saturated heterocycles. The predicted octanol–water partition coefficient (Wildman–Crippen LogP) is 7.51. The summed E-state index contributed by atoms with van der Waals surface area (Å²) in [5.74, 6) is -0.915. The largest absolute Gasteiger partial charge is 0.352 e. The van der Waals surface area contributed by atoms with Crippen LogP contribution in [0, 0.1) is 0 Å². The molecule has 0 aliphatic carbocycles. The van der Waals surface area contributed by atoms with Crippen LogP contribution < -0.4 is 9.62 Å². The molecule has 0 spiro atoms. The number of amides is 2. The fourth-order valence-electron chi connectivity index (χ4n) is 4.71. The molecular formula is C34H34BrCl2N3O4S. The first-order valence-corrected chi connectivity index (χ1v) is 17.4. The van der Waals surface area contributed by atoms with Crippen LogP contribution in [-0.2, 0) is 32.6 Å². The Hall–Kier alpha value is -3.37. The lowest BCUT2D eigenvalue weighted by atomic mass is 10.0. The Labute approximate surface area is 283 Å². The number of hydrogen-bond acceptors (Lipinski definition) is 4. The van der Waals surface area contributed by atoms with Gasteiger partial charge in [-0.2, -0.15) is 0 Å². The minimum atomic E-state index is -4.19. The summed E-state index contributed by atoms with van der Waals surface area (Å²) in [7, 11) is -4.19. The minimum absolute atomic E-state index is 0.0150. The van der Waals surface area contributed by atoms with E-state index >= 15 is 0 Å². The monoisotopic (exact) mass is 729 g/mol. The van der Waals surface area contributed by atoms with Crippen molar-refractivity contribution in [2.75, 3.05) is 10.8 Å². The van der Waals surface area contributed by atoms with E-state index in [0.29, 0.717) is 32.2 Å². The molecule has 2 unspecified atom stereocenters. The molecule has 0 aliphatic heterocycles. The lowest BCUT2D eigenvalue weighted by Gasteiger charge is -2.34. The van der Waals surface area contributed by atoms with Gasteiger partial charge in [0.25, 0.3) is 10.0 Å². The number of carbonyl (C=O) groups is 2. The zero-order valence-corrected chi connectivity index (χ0v) is 28.8. The minimum Gasteiger partial charge on any atom is -0.352 e. The van der Waals surface area contributed by atoms with Gasteiger partial charge in [0.15, 0.2) is 0 Å². The summed E-state index contributed by atoms with van der Waals surface area (Å²) in [6.07, 6.45) is 0.898. The molecule has 4 rings (SSSR count). The van der Waals surface area contributed by atoms with Crippen LogP contribution in [0.2, 0.25) is 10.0 Å². The van der Waals surface area contributed by atoms with Crippen LogP contribution in [-0.4, -0.2) is 43.8 Å². The number of nitrogens with zero attached hydrogens (tertiary/aromatic N) is 2. The molecular weight excluding hydrogens is 697 g/mol. The first-order chi connectivity index (χ1) is 21.5. The fraction of sp³-hybridized carbons (Fsp3) is 0.235. The summed E-state index contributed by atoms with van der Waals surface area (Å²) >= 11 is 15.9. The van der Waals surface area contributed by atoms with Crippen LogP contribution in [0.15, 0.2) is 112 Å². The molecule has 11 heteroatoms. The molecule has 4 aromatic carbocycles. The maximum atomic E-state index is 14.5. The van der Waals surface area contributed by atoms with Gasteiger partial charge in [-0.25, -0.2) is 8.42 Å². The van der Waals surface area contributed by atoms with Crippen molar-refractivity contribution in [1.82, 2.24) is 10.2 Å². The smallest absolute Gasteiger partial charge is 0.264 e. The van der Waals surface area contributed by atoms with Gasteiger partial charge in [0.05, 0.1) is 20.6 Å². The molecule has 0 heterocycles. The Morgan fingerprint density at radius 2 is 1.51 bits per heavy atom. The van der Waals surface area contributed by atoms with Crippen LogP contribution in [0.3, 0.4) is 0 Å². The Balaban J connectivity index is 1.82. The summed E-state index contributed by atoms with van der Waals surface area (Å²) in [4.78, 5) is 29.9. The van der Waals surface area contributed by atoms with Crippen molar-refractivity contribution in [1.29, 1.82) is 0 Å². The summed E-state index contributed by atoms with van der Waals surface area (Å²) in [6, 6.07) is 27.9.